The van der Waals surface area contributed by atoms with Gasteiger partial charge in [-0.1, -0.05) is 17.7 Å². The lowest BCUT2D eigenvalue weighted by Crippen LogP contribution is -2.38. The SMILES string of the molecule is N#Cc1cccc(S(=O)(=O)N[C@@H]2CCC[C@@H]2Cn2ccnn2)c1. The summed E-state index contributed by atoms with van der Waals surface area (Å²) >= 11 is 0. The Labute approximate surface area is 135 Å². The van der Waals surface area contributed by atoms with Gasteiger partial charge in [0.1, 0.15) is 0 Å². The third kappa shape index (κ3) is 3.57. The zero-order valence-corrected chi connectivity index (χ0v) is 13.3. The largest absolute Gasteiger partial charge is 0.252 e. The summed E-state index contributed by atoms with van der Waals surface area (Å²) in [5, 5.41) is 16.6. The van der Waals surface area contributed by atoms with Crippen molar-refractivity contribution in [1.29, 1.82) is 5.26 Å². The van der Waals surface area contributed by atoms with Crippen LogP contribution in [0.5, 0.6) is 0 Å². The predicted octanol–water partition coefficient (Wildman–Crippen LogP) is 1.30. The monoisotopic (exact) mass is 331 g/mol. The Bertz CT molecular complexity index is 811. The number of rotatable bonds is 5. The molecule has 3 rings (SSSR count). The highest BCUT2D eigenvalue weighted by Gasteiger charge is 2.31. The first-order chi connectivity index (χ1) is 11.1. The molecule has 0 spiro atoms. The molecular formula is C15H17N5O2S. The van der Waals surface area contributed by atoms with Crippen LogP contribution in [0.1, 0.15) is 24.8 Å². The van der Waals surface area contributed by atoms with Crippen LogP contribution in [0, 0.1) is 17.2 Å². The molecule has 0 saturated heterocycles. The highest BCUT2D eigenvalue weighted by molar-refractivity contribution is 7.89. The molecule has 1 fully saturated rings. The summed E-state index contributed by atoms with van der Waals surface area (Å²) in [5.41, 5.74) is 0.332. The maximum absolute atomic E-state index is 12.5. The van der Waals surface area contributed by atoms with Crippen LogP contribution in [0.3, 0.4) is 0 Å². The van der Waals surface area contributed by atoms with Crippen LogP contribution in [0.4, 0.5) is 0 Å². The van der Waals surface area contributed by atoms with Crippen LogP contribution in [0.2, 0.25) is 0 Å². The molecule has 1 aromatic heterocycles. The van der Waals surface area contributed by atoms with E-state index in [0.717, 1.165) is 19.3 Å². The molecule has 1 saturated carbocycles. The fourth-order valence-corrected chi connectivity index (χ4v) is 4.37. The minimum Gasteiger partial charge on any atom is -0.252 e. The van der Waals surface area contributed by atoms with Crippen molar-refractivity contribution < 1.29 is 8.42 Å². The number of hydrogen-bond acceptors (Lipinski definition) is 5. The van der Waals surface area contributed by atoms with E-state index in [1.54, 1.807) is 29.2 Å². The number of sulfonamides is 1. The Kier molecular flexibility index (Phi) is 4.41. The van der Waals surface area contributed by atoms with Gasteiger partial charge in [0.15, 0.2) is 0 Å². The van der Waals surface area contributed by atoms with Crippen LogP contribution < -0.4 is 4.72 Å². The van der Waals surface area contributed by atoms with E-state index in [4.69, 9.17) is 5.26 Å². The van der Waals surface area contributed by atoms with Crippen molar-refractivity contribution in [1.82, 2.24) is 19.7 Å². The van der Waals surface area contributed by atoms with Gasteiger partial charge < -0.3 is 0 Å². The van der Waals surface area contributed by atoms with Crippen LogP contribution in [0.25, 0.3) is 0 Å². The van der Waals surface area contributed by atoms with Gasteiger partial charge in [-0.25, -0.2) is 13.1 Å². The van der Waals surface area contributed by atoms with E-state index >= 15 is 0 Å². The van der Waals surface area contributed by atoms with E-state index in [1.165, 1.54) is 12.1 Å². The zero-order valence-electron chi connectivity index (χ0n) is 12.5. The van der Waals surface area contributed by atoms with E-state index in [1.807, 2.05) is 6.07 Å². The molecule has 1 N–H and O–H groups in total. The van der Waals surface area contributed by atoms with Crippen molar-refractivity contribution in [3.8, 4) is 6.07 Å². The van der Waals surface area contributed by atoms with Gasteiger partial charge in [-0.05, 0) is 37.0 Å². The van der Waals surface area contributed by atoms with Gasteiger partial charge in [0.2, 0.25) is 10.0 Å². The molecule has 120 valence electrons. The van der Waals surface area contributed by atoms with E-state index in [2.05, 4.69) is 15.0 Å². The van der Waals surface area contributed by atoms with Crippen molar-refractivity contribution in [2.45, 2.75) is 36.7 Å². The summed E-state index contributed by atoms with van der Waals surface area (Å²) in [6.45, 7) is 0.644. The molecule has 1 aliphatic carbocycles. The third-order valence-corrected chi connectivity index (χ3v) is 5.62. The average Bonchev–Trinajstić information content (AvgIpc) is 3.20. The van der Waals surface area contributed by atoms with Gasteiger partial charge in [-0.3, -0.25) is 4.68 Å². The Morgan fingerprint density at radius 3 is 3.00 bits per heavy atom. The molecule has 0 unspecified atom stereocenters. The fraction of sp³-hybridized carbons (Fsp3) is 0.400. The molecule has 0 bridgehead atoms. The van der Waals surface area contributed by atoms with Crippen LogP contribution >= 0.6 is 0 Å². The molecule has 7 nitrogen and oxygen atoms in total. The summed E-state index contributed by atoms with van der Waals surface area (Å²) in [6, 6.07) is 7.89. The molecule has 1 heterocycles. The van der Waals surface area contributed by atoms with Crippen molar-refractivity contribution in [2.75, 3.05) is 0 Å². The lowest BCUT2D eigenvalue weighted by Gasteiger charge is -2.20. The fourth-order valence-electron chi connectivity index (χ4n) is 2.98. The quantitative estimate of drug-likeness (QED) is 0.890. The minimum atomic E-state index is -3.63. The topological polar surface area (TPSA) is 101 Å². The summed E-state index contributed by atoms with van der Waals surface area (Å²) in [5.74, 6) is 0.186. The van der Waals surface area contributed by atoms with Crippen molar-refractivity contribution in [3.63, 3.8) is 0 Å². The number of hydrogen-bond donors (Lipinski definition) is 1. The molecule has 23 heavy (non-hydrogen) atoms. The maximum Gasteiger partial charge on any atom is 0.240 e. The average molecular weight is 331 g/mol. The van der Waals surface area contributed by atoms with Gasteiger partial charge in [-0.2, -0.15) is 5.26 Å². The second-order valence-electron chi connectivity index (χ2n) is 5.68. The Morgan fingerprint density at radius 1 is 1.39 bits per heavy atom. The molecule has 0 radical (unpaired) electrons. The number of aromatic nitrogens is 3. The number of nitrogens with one attached hydrogen (secondary N) is 1. The number of nitrogens with zero attached hydrogens (tertiary/aromatic N) is 4. The second-order valence-corrected chi connectivity index (χ2v) is 7.40. The summed E-state index contributed by atoms with van der Waals surface area (Å²) in [6.07, 6.45) is 6.12. The van der Waals surface area contributed by atoms with Gasteiger partial charge >= 0.3 is 0 Å². The molecule has 0 amide bonds. The van der Waals surface area contributed by atoms with Gasteiger partial charge in [-0.15, -0.1) is 5.10 Å². The van der Waals surface area contributed by atoms with E-state index < -0.39 is 10.0 Å². The number of nitriles is 1. The lowest BCUT2D eigenvalue weighted by atomic mass is 10.1. The minimum absolute atomic E-state index is 0.128. The summed E-state index contributed by atoms with van der Waals surface area (Å²) in [7, 11) is -3.63. The predicted molar refractivity (Wildman–Crippen MR) is 82.6 cm³/mol. The molecule has 1 aromatic carbocycles. The van der Waals surface area contributed by atoms with Crippen molar-refractivity contribution in [3.05, 3.63) is 42.2 Å². The Balaban J connectivity index is 1.75. The summed E-state index contributed by atoms with van der Waals surface area (Å²) < 4.78 is 29.6. The van der Waals surface area contributed by atoms with E-state index in [9.17, 15) is 8.42 Å². The Morgan fingerprint density at radius 2 is 2.26 bits per heavy atom. The third-order valence-electron chi connectivity index (χ3n) is 4.13. The molecule has 1 aliphatic rings. The van der Waals surface area contributed by atoms with E-state index in [0.29, 0.717) is 12.1 Å². The van der Waals surface area contributed by atoms with Gasteiger partial charge in [0.25, 0.3) is 0 Å². The van der Waals surface area contributed by atoms with Crippen LogP contribution in [0.15, 0.2) is 41.6 Å². The highest BCUT2D eigenvalue weighted by atomic mass is 32.2. The lowest BCUT2D eigenvalue weighted by molar-refractivity contribution is 0.367. The standard InChI is InChI=1S/C15H17N5O2S/c16-10-12-3-1-5-14(9-12)23(21,22)18-15-6-2-4-13(15)11-20-8-7-17-19-20/h1,3,5,7-9,13,15,18H,2,4,6,11H2/t13-,15-/m1/s1. The first kappa shape index (κ1) is 15.6. The summed E-state index contributed by atoms with van der Waals surface area (Å²) in [4.78, 5) is 0.128. The molecule has 2 atom stereocenters. The number of benzene rings is 1. The molecular weight excluding hydrogens is 314 g/mol. The van der Waals surface area contributed by atoms with Crippen molar-refractivity contribution >= 4 is 10.0 Å². The maximum atomic E-state index is 12.5. The molecule has 0 aliphatic heterocycles. The highest BCUT2D eigenvalue weighted by Crippen LogP contribution is 2.28. The first-order valence-electron chi connectivity index (χ1n) is 7.45. The van der Waals surface area contributed by atoms with Gasteiger partial charge in [0.05, 0.1) is 22.7 Å². The van der Waals surface area contributed by atoms with Crippen molar-refractivity contribution in [2.24, 2.45) is 5.92 Å². The van der Waals surface area contributed by atoms with Gasteiger partial charge in [0, 0.05) is 18.8 Å². The molecule has 2 aromatic rings. The Hall–Kier alpha value is -2.24. The smallest absolute Gasteiger partial charge is 0.240 e. The first-order valence-corrected chi connectivity index (χ1v) is 8.93. The van der Waals surface area contributed by atoms with Crippen LogP contribution in [-0.2, 0) is 16.6 Å². The van der Waals surface area contributed by atoms with Crippen LogP contribution in [-0.4, -0.2) is 29.5 Å². The molecule has 8 heteroatoms. The zero-order chi connectivity index (χ0) is 16.3. The van der Waals surface area contributed by atoms with E-state index in [-0.39, 0.29) is 16.9 Å². The second kappa shape index (κ2) is 6.48. The normalized spacial score (nSPS) is 21.2.